The molecular formula is C57H43NSi. The molecule has 0 N–H and O–H groups in total. The number of hydrogen-bond donors (Lipinski definition) is 0. The highest BCUT2D eigenvalue weighted by Gasteiger charge is 2.49. The Bertz CT molecular complexity index is 2960. The minimum atomic E-state index is -2.79. The number of nitrogens with zero attached hydrogens (tertiary/aromatic N) is 1. The molecule has 9 aromatic carbocycles. The summed E-state index contributed by atoms with van der Waals surface area (Å²) in [6.07, 6.45) is 0. The summed E-state index contributed by atoms with van der Waals surface area (Å²) >= 11 is 0. The largest absolute Gasteiger partial charge is 0.310 e. The van der Waals surface area contributed by atoms with Crippen molar-refractivity contribution in [1.29, 1.82) is 0 Å². The molecule has 2 heteroatoms. The van der Waals surface area contributed by atoms with E-state index < -0.39 is 8.07 Å². The van der Waals surface area contributed by atoms with E-state index in [1.165, 1.54) is 82.1 Å². The number of benzene rings is 9. The number of rotatable bonds is 7. The van der Waals surface area contributed by atoms with Crippen molar-refractivity contribution in [2.45, 2.75) is 19.3 Å². The maximum atomic E-state index is 2.55. The molecule has 1 aliphatic heterocycles. The lowest BCUT2D eigenvalue weighted by Crippen LogP contribution is -2.72. The van der Waals surface area contributed by atoms with Gasteiger partial charge >= 0.3 is 0 Å². The fourth-order valence-electron chi connectivity index (χ4n) is 10.2. The fraction of sp³-hybridized carbons (Fsp3) is 0.0526. The number of fused-ring (bicyclic) bond motifs is 6. The molecule has 2 aliphatic rings. The van der Waals surface area contributed by atoms with E-state index in [1.54, 1.807) is 0 Å². The Morgan fingerprint density at radius 1 is 0.339 bits per heavy atom. The monoisotopic (exact) mass is 769 g/mol. The summed E-state index contributed by atoms with van der Waals surface area (Å²) < 4.78 is 0. The maximum absolute atomic E-state index is 2.79. The quantitative estimate of drug-likeness (QED) is 0.146. The average molecular weight is 770 g/mol. The third-order valence-electron chi connectivity index (χ3n) is 13.0. The van der Waals surface area contributed by atoms with Crippen LogP contribution >= 0.6 is 0 Å². The molecule has 11 rings (SSSR count). The van der Waals surface area contributed by atoms with E-state index in [1.807, 2.05) is 0 Å². The minimum absolute atomic E-state index is 0.142. The fourth-order valence-corrected chi connectivity index (χ4v) is 15.4. The molecule has 280 valence electrons. The van der Waals surface area contributed by atoms with Gasteiger partial charge in [-0.2, -0.15) is 0 Å². The Kier molecular flexibility index (Phi) is 8.25. The van der Waals surface area contributed by atoms with Gasteiger partial charge in [-0.1, -0.05) is 208 Å². The van der Waals surface area contributed by atoms with Gasteiger partial charge < -0.3 is 4.90 Å². The van der Waals surface area contributed by atoms with Crippen molar-refractivity contribution in [2.24, 2.45) is 0 Å². The van der Waals surface area contributed by atoms with Crippen LogP contribution in [0.25, 0.3) is 44.5 Å². The van der Waals surface area contributed by atoms with Crippen LogP contribution in [0.2, 0.25) is 0 Å². The van der Waals surface area contributed by atoms with Crippen LogP contribution in [0.5, 0.6) is 0 Å². The molecule has 0 fully saturated rings. The van der Waals surface area contributed by atoms with E-state index in [9.17, 15) is 0 Å². The van der Waals surface area contributed by atoms with Gasteiger partial charge in [-0.25, -0.2) is 0 Å². The Labute approximate surface area is 348 Å². The van der Waals surface area contributed by atoms with Crippen molar-refractivity contribution in [3.05, 3.63) is 236 Å². The summed E-state index contributed by atoms with van der Waals surface area (Å²) in [4.78, 5) is 2.53. The Morgan fingerprint density at radius 3 is 1.49 bits per heavy atom. The molecule has 9 aromatic rings. The molecule has 0 aromatic heterocycles. The predicted octanol–water partition coefficient (Wildman–Crippen LogP) is 12.2. The second kappa shape index (κ2) is 13.8. The highest BCUT2D eigenvalue weighted by Crippen LogP contribution is 2.51. The Morgan fingerprint density at radius 2 is 0.831 bits per heavy atom. The molecule has 0 bridgehead atoms. The van der Waals surface area contributed by atoms with E-state index in [2.05, 4.69) is 243 Å². The van der Waals surface area contributed by atoms with Crippen LogP contribution in [0.15, 0.2) is 224 Å². The standard InChI is InChI=1S/C57H43NSi/c1-57(2)52-27-15-12-24-48(52)49-36-34-44(38-53(49)57)58(43-32-30-41(31-33-43)40-18-6-3-7-19-40)54-39-46(35-37-47(54)42-20-8-4-9-21-42)59(45-22-10-5-11-23-45)55-28-16-13-25-50(55)51-26-14-17-29-56(51)59/h3-39H,1-2H3. The van der Waals surface area contributed by atoms with Crippen LogP contribution in [0.3, 0.4) is 0 Å². The van der Waals surface area contributed by atoms with Gasteiger partial charge in [0.25, 0.3) is 0 Å². The van der Waals surface area contributed by atoms with Crippen LogP contribution in [-0.2, 0) is 5.41 Å². The van der Waals surface area contributed by atoms with Crippen LogP contribution in [0, 0.1) is 0 Å². The van der Waals surface area contributed by atoms with E-state index in [-0.39, 0.29) is 5.41 Å². The SMILES string of the molecule is CC1(C)c2ccccc2-c2ccc(N(c3ccc(-c4ccccc4)cc3)c3cc([Si]4(c5ccccc5)c5ccccc5-c5ccccc54)ccc3-c3ccccc3)cc21. The summed E-state index contributed by atoms with van der Waals surface area (Å²) in [6, 6.07) is 84.0. The first kappa shape index (κ1) is 35.2. The van der Waals surface area contributed by atoms with Crippen LogP contribution in [0.1, 0.15) is 25.0 Å². The van der Waals surface area contributed by atoms with E-state index >= 15 is 0 Å². The molecule has 59 heavy (non-hydrogen) atoms. The van der Waals surface area contributed by atoms with Gasteiger partial charge in [-0.3, -0.25) is 0 Å². The molecule has 1 nitrogen and oxygen atoms in total. The van der Waals surface area contributed by atoms with Crippen molar-refractivity contribution < 1.29 is 0 Å². The van der Waals surface area contributed by atoms with E-state index in [0.29, 0.717) is 0 Å². The van der Waals surface area contributed by atoms with Crippen LogP contribution < -0.4 is 25.6 Å². The lowest BCUT2D eigenvalue weighted by Gasteiger charge is -2.34. The lowest BCUT2D eigenvalue weighted by molar-refractivity contribution is 0.660. The molecule has 0 saturated carbocycles. The van der Waals surface area contributed by atoms with Gasteiger partial charge in [0.2, 0.25) is 0 Å². The van der Waals surface area contributed by atoms with Crippen LogP contribution in [0.4, 0.5) is 17.1 Å². The summed E-state index contributed by atoms with van der Waals surface area (Å²) in [6.45, 7) is 4.75. The van der Waals surface area contributed by atoms with Crippen LogP contribution in [-0.4, -0.2) is 8.07 Å². The van der Waals surface area contributed by atoms with Crippen molar-refractivity contribution in [2.75, 3.05) is 4.90 Å². The van der Waals surface area contributed by atoms with Gasteiger partial charge in [0.1, 0.15) is 0 Å². The average Bonchev–Trinajstić information content (AvgIpc) is 3.73. The van der Waals surface area contributed by atoms with E-state index in [0.717, 1.165) is 11.4 Å². The Balaban J connectivity index is 1.21. The van der Waals surface area contributed by atoms with Crippen molar-refractivity contribution in [1.82, 2.24) is 0 Å². The first-order chi connectivity index (χ1) is 29.0. The van der Waals surface area contributed by atoms with Gasteiger partial charge in [0, 0.05) is 22.4 Å². The molecule has 0 atom stereocenters. The number of hydrogen-bond acceptors (Lipinski definition) is 1. The normalized spacial score (nSPS) is 13.9. The first-order valence-corrected chi connectivity index (χ1v) is 22.7. The summed E-state index contributed by atoms with van der Waals surface area (Å²) in [5, 5.41) is 5.66. The van der Waals surface area contributed by atoms with Gasteiger partial charge in [0.15, 0.2) is 8.07 Å². The second-order valence-electron chi connectivity index (χ2n) is 16.5. The van der Waals surface area contributed by atoms with Gasteiger partial charge in [-0.15, -0.1) is 0 Å². The molecular weight excluding hydrogens is 727 g/mol. The zero-order valence-corrected chi connectivity index (χ0v) is 34.3. The van der Waals surface area contributed by atoms with Crippen molar-refractivity contribution >= 4 is 45.9 Å². The summed E-state index contributed by atoms with van der Waals surface area (Å²) in [5.74, 6) is 0. The zero-order valence-electron chi connectivity index (χ0n) is 33.3. The molecule has 0 saturated heterocycles. The summed E-state index contributed by atoms with van der Waals surface area (Å²) in [5.41, 5.74) is 16.2. The Hall–Kier alpha value is -7.00. The molecule has 0 amide bonds. The van der Waals surface area contributed by atoms with Crippen molar-refractivity contribution in [3.8, 4) is 44.5 Å². The molecule has 1 aliphatic carbocycles. The molecule has 1 heterocycles. The smallest absolute Gasteiger partial charge is 0.180 e. The van der Waals surface area contributed by atoms with Gasteiger partial charge in [-0.05, 0) is 101 Å². The molecule has 0 spiro atoms. The highest BCUT2D eigenvalue weighted by molar-refractivity contribution is 7.22. The number of anilines is 3. The lowest BCUT2D eigenvalue weighted by atomic mass is 9.82. The minimum Gasteiger partial charge on any atom is -0.310 e. The highest BCUT2D eigenvalue weighted by atomic mass is 28.3. The maximum Gasteiger partial charge on any atom is 0.180 e. The van der Waals surface area contributed by atoms with Gasteiger partial charge in [0.05, 0.1) is 5.69 Å². The van der Waals surface area contributed by atoms with E-state index in [4.69, 9.17) is 0 Å². The first-order valence-electron chi connectivity index (χ1n) is 20.7. The second-order valence-corrected chi connectivity index (χ2v) is 20.2. The van der Waals surface area contributed by atoms with Crippen molar-refractivity contribution in [3.63, 3.8) is 0 Å². The molecule has 0 unspecified atom stereocenters. The zero-order chi connectivity index (χ0) is 39.6. The molecule has 0 radical (unpaired) electrons. The predicted molar refractivity (Wildman–Crippen MR) is 252 cm³/mol. The topological polar surface area (TPSA) is 3.24 Å². The summed E-state index contributed by atoms with van der Waals surface area (Å²) in [7, 11) is -2.79. The third-order valence-corrected chi connectivity index (χ3v) is 17.8. The third kappa shape index (κ3) is 5.44.